The van der Waals surface area contributed by atoms with Crippen LogP contribution in [0.4, 0.5) is 13.2 Å². The SMILES string of the molecule is CSCC(F)(F)C(N)(F)C(=O)OS(=O)(=O)O. The van der Waals surface area contributed by atoms with Crippen molar-refractivity contribution in [1.82, 2.24) is 0 Å². The van der Waals surface area contributed by atoms with Crippen molar-refractivity contribution in [1.29, 1.82) is 0 Å². The van der Waals surface area contributed by atoms with Gasteiger partial charge in [0.1, 0.15) is 0 Å². The normalized spacial score (nSPS) is 16.6. The Morgan fingerprint density at radius 2 is 1.94 bits per heavy atom. The molecular formula is C5H8F3NO5S2. The highest BCUT2D eigenvalue weighted by molar-refractivity contribution is 7.98. The van der Waals surface area contributed by atoms with Gasteiger partial charge in [0.05, 0.1) is 5.75 Å². The summed E-state index contributed by atoms with van der Waals surface area (Å²) in [6.45, 7) is 0. The molecule has 0 aromatic carbocycles. The molecule has 6 nitrogen and oxygen atoms in total. The van der Waals surface area contributed by atoms with Gasteiger partial charge in [0.25, 0.3) is 0 Å². The van der Waals surface area contributed by atoms with Crippen LogP contribution in [0.15, 0.2) is 0 Å². The standard InChI is InChI=1S/C5H8F3NO5S2/c1-15-2-4(6,7)5(8,9)3(10)14-16(11,12)13/h2,9H2,1H3,(H,11,12,13). The van der Waals surface area contributed by atoms with E-state index >= 15 is 0 Å². The molecule has 0 aromatic heterocycles. The fraction of sp³-hybridized carbons (Fsp3) is 0.800. The van der Waals surface area contributed by atoms with E-state index in [1.807, 2.05) is 0 Å². The Hall–Kier alpha value is -0.520. The lowest BCUT2D eigenvalue weighted by Gasteiger charge is -2.26. The summed E-state index contributed by atoms with van der Waals surface area (Å²) in [5, 5.41) is 0. The van der Waals surface area contributed by atoms with Crippen LogP contribution < -0.4 is 5.73 Å². The van der Waals surface area contributed by atoms with Gasteiger partial charge in [0.15, 0.2) is 0 Å². The third kappa shape index (κ3) is 3.81. The van der Waals surface area contributed by atoms with Crippen LogP contribution in [0.5, 0.6) is 0 Å². The topological polar surface area (TPSA) is 107 Å². The number of carbonyl (C=O) groups is 1. The van der Waals surface area contributed by atoms with Gasteiger partial charge in [-0.1, -0.05) is 0 Å². The third-order valence-electron chi connectivity index (χ3n) is 1.34. The van der Waals surface area contributed by atoms with Crippen LogP contribution in [0, 0.1) is 0 Å². The molecule has 0 amide bonds. The van der Waals surface area contributed by atoms with Crippen molar-refractivity contribution in [3.8, 4) is 0 Å². The Morgan fingerprint density at radius 1 is 1.50 bits per heavy atom. The summed E-state index contributed by atoms with van der Waals surface area (Å²) in [6.07, 6.45) is 1.19. The molecule has 0 radical (unpaired) electrons. The quantitative estimate of drug-likeness (QED) is 0.538. The minimum absolute atomic E-state index is 0.481. The summed E-state index contributed by atoms with van der Waals surface area (Å²) >= 11 is 0.481. The van der Waals surface area contributed by atoms with Crippen molar-refractivity contribution < 1.29 is 35.1 Å². The fourth-order valence-corrected chi connectivity index (χ4v) is 1.48. The average molecular weight is 283 g/mol. The molecule has 1 atom stereocenters. The smallest absolute Gasteiger partial charge is 0.320 e. The third-order valence-corrected chi connectivity index (χ3v) is 2.35. The first-order chi connectivity index (χ1) is 6.94. The van der Waals surface area contributed by atoms with E-state index < -0.39 is 33.8 Å². The molecule has 1 unspecified atom stereocenters. The summed E-state index contributed by atoms with van der Waals surface area (Å²) in [6, 6.07) is 0. The zero-order chi connectivity index (χ0) is 13.2. The Kier molecular flexibility index (Phi) is 4.62. The summed E-state index contributed by atoms with van der Waals surface area (Å²) < 4.78 is 70.1. The monoisotopic (exact) mass is 283 g/mol. The molecule has 0 saturated carbocycles. The highest BCUT2D eigenvalue weighted by atomic mass is 32.3. The maximum atomic E-state index is 13.1. The number of thioether (sulfide) groups is 1. The highest BCUT2D eigenvalue weighted by Crippen LogP contribution is 2.32. The van der Waals surface area contributed by atoms with Gasteiger partial charge < -0.3 is 4.18 Å². The molecule has 0 rings (SSSR count). The van der Waals surface area contributed by atoms with Gasteiger partial charge >= 0.3 is 28.1 Å². The lowest BCUT2D eigenvalue weighted by Crippen LogP contribution is -2.60. The van der Waals surface area contributed by atoms with Gasteiger partial charge in [-0.25, -0.2) is 9.18 Å². The Labute approximate surface area is 93.3 Å². The van der Waals surface area contributed by atoms with Crippen LogP contribution >= 0.6 is 11.8 Å². The van der Waals surface area contributed by atoms with Crippen molar-refractivity contribution in [2.24, 2.45) is 5.73 Å². The predicted molar refractivity (Wildman–Crippen MR) is 49.0 cm³/mol. The van der Waals surface area contributed by atoms with Crippen LogP contribution in [0.2, 0.25) is 0 Å². The Bertz CT molecular complexity index is 368. The summed E-state index contributed by atoms with van der Waals surface area (Å²) in [5.74, 6) is -12.4. The van der Waals surface area contributed by atoms with Gasteiger partial charge in [-0.05, 0) is 6.26 Å². The first-order valence-corrected chi connectivity index (χ1v) is 6.26. The van der Waals surface area contributed by atoms with E-state index in [0.29, 0.717) is 11.8 Å². The van der Waals surface area contributed by atoms with Gasteiger partial charge in [0, 0.05) is 0 Å². The number of carbonyl (C=O) groups excluding carboxylic acids is 1. The molecule has 16 heavy (non-hydrogen) atoms. The Morgan fingerprint density at radius 3 is 2.25 bits per heavy atom. The molecule has 0 spiro atoms. The minimum atomic E-state index is -5.39. The number of nitrogens with two attached hydrogens (primary N) is 1. The second kappa shape index (κ2) is 4.77. The van der Waals surface area contributed by atoms with E-state index in [1.165, 1.54) is 6.26 Å². The number of halogens is 3. The first-order valence-electron chi connectivity index (χ1n) is 3.50. The van der Waals surface area contributed by atoms with Crippen molar-refractivity contribution in [3.63, 3.8) is 0 Å². The number of rotatable bonds is 5. The lowest BCUT2D eigenvalue weighted by atomic mass is 10.1. The molecule has 0 fully saturated rings. The van der Waals surface area contributed by atoms with Crippen molar-refractivity contribution in [2.45, 2.75) is 11.7 Å². The summed E-state index contributed by atoms with van der Waals surface area (Å²) in [7, 11) is -5.39. The van der Waals surface area contributed by atoms with E-state index in [2.05, 4.69) is 9.92 Å². The van der Waals surface area contributed by atoms with E-state index in [-0.39, 0.29) is 0 Å². The molecule has 0 saturated heterocycles. The van der Waals surface area contributed by atoms with Crippen LogP contribution in [0.1, 0.15) is 0 Å². The zero-order valence-corrected chi connectivity index (χ0v) is 9.45. The minimum Gasteiger partial charge on any atom is -0.320 e. The molecule has 0 heterocycles. The molecule has 0 bridgehead atoms. The molecule has 11 heteroatoms. The van der Waals surface area contributed by atoms with Gasteiger partial charge in [-0.3, -0.25) is 10.3 Å². The maximum absolute atomic E-state index is 13.1. The molecular weight excluding hydrogens is 275 g/mol. The molecule has 0 aromatic rings. The van der Waals surface area contributed by atoms with Crippen molar-refractivity contribution in [3.05, 3.63) is 0 Å². The predicted octanol–water partition coefficient (Wildman–Crippen LogP) is -0.0448. The number of hydrogen-bond donors (Lipinski definition) is 2. The van der Waals surface area contributed by atoms with Crippen LogP contribution in [-0.2, 0) is 19.4 Å². The fourth-order valence-electron chi connectivity index (χ4n) is 0.592. The number of hydrogen-bond acceptors (Lipinski definition) is 6. The van der Waals surface area contributed by atoms with E-state index in [1.54, 1.807) is 0 Å². The van der Waals surface area contributed by atoms with E-state index in [0.717, 1.165) is 0 Å². The molecule has 0 aliphatic carbocycles. The molecule has 96 valence electrons. The second-order valence-electron chi connectivity index (χ2n) is 2.65. The van der Waals surface area contributed by atoms with Crippen LogP contribution in [-0.4, -0.2) is 42.7 Å². The van der Waals surface area contributed by atoms with Crippen LogP contribution in [0.25, 0.3) is 0 Å². The average Bonchev–Trinajstić information content (AvgIpc) is 2.00. The summed E-state index contributed by atoms with van der Waals surface area (Å²) in [4.78, 5) is 10.7. The second-order valence-corrected chi connectivity index (χ2v) is 4.54. The maximum Gasteiger partial charge on any atom is 0.449 e. The van der Waals surface area contributed by atoms with Gasteiger partial charge in [-0.2, -0.15) is 29.0 Å². The van der Waals surface area contributed by atoms with Crippen molar-refractivity contribution >= 4 is 28.1 Å². The van der Waals surface area contributed by atoms with Gasteiger partial charge in [-0.15, -0.1) is 0 Å². The first kappa shape index (κ1) is 15.5. The van der Waals surface area contributed by atoms with E-state index in [4.69, 9.17) is 4.55 Å². The van der Waals surface area contributed by atoms with Crippen LogP contribution in [0.3, 0.4) is 0 Å². The van der Waals surface area contributed by atoms with Gasteiger partial charge in [0.2, 0.25) is 0 Å². The van der Waals surface area contributed by atoms with Crippen molar-refractivity contribution in [2.75, 3.05) is 12.0 Å². The zero-order valence-electron chi connectivity index (χ0n) is 7.82. The number of alkyl halides is 3. The molecule has 3 N–H and O–H groups in total. The Balaban J connectivity index is 4.98. The lowest BCUT2D eigenvalue weighted by molar-refractivity contribution is -0.175. The highest BCUT2D eigenvalue weighted by Gasteiger charge is 2.59. The van der Waals surface area contributed by atoms with E-state index in [9.17, 15) is 26.4 Å². The summed E-state index contributed by atoms with van der Waals surface area (Å²) in [5.41, 5.74) is 4.35. The largest absolute Gasteiger partial charge is 0.449 e. The molecule has 0 aliphatic rings. The molecule has 0 aliphatic heterocycles.